The first-order chi connectivity index (χ1) is 6.69. The van der Waals surface area contributed by atoms with Gasteiger partial charge in [0, 0.05) is 18.7 Å². The van der Waals surface area contributed by atoms with Gasteiger partial charge in [0.2, 0.25) is 0 Å². The summed E-state index contributed by atoms with van der Waals surface area (Å²) in [6, 6.07) is 7.01. The number of nitrogens with zero attached hydrogens (tertiary/aromatic N) is 1. The highest BCUT2D eigenvalue weighted by molar-refractivity contribution is 6.32. The number of carbonyl (C=O) groups excluding carboxylic acids is 1. The molecule has 1 aromatic rings. The fourth-order valence-corrected chi connectivity index (χ4v) is 1.32. The van der Waals surface area contributed by atoms with Gasteiger partial charge in [0.25, 0.3) is 5.91 Å². The minimum absolute atomic E-state index is 0.0648. The Kier molecular flexibility index (Phi) is 3.75. The molecule has 0 aliphatic carbocycles. The first-order valence-corrected chi connectivity index (χ1v) is 4.83. The van der Waals surface area contributed by atoms with E-state index < -0.39 is 0 Å². The van der Waals surface area contributed by atoms with Crippen LogP contribution in [0.4, 0.5) is 0 Å². The maximum absolute atomic E-state index is 11.8. The molecule has 0 fully saturated rings. The molecule has 0 heterocycles. The predicted octanol–water partition coefficient (Wildman–Crippen LogP) is 0.962. The van der Waals surface area contributed by atoms with Crippen LogP contribution in [0.3, 0.4) is 0 Å². The molecule has 3 heteroatoms. The summed E-state index contributed by atoms with van der Waals surface area (Å²) in [6.45, 7) is 5.41. The summed E-state index contributed by atoms with van der Waals surface area (Å²) >= 11 is 0. The first-order valence-electron chi connectivity index (χ1n) is 4.83. The second-order valence-corrected chi connectivity index (χ2v) is 3.10. The monoisotopic (exact) mass is 187 g/mol. The van der Waals surface area contributed by atoms with Gasteiger partial charge in [-0.15, -0.1) is 0 Å². The first kappa shape index (κ1) is 10.8. The molecule has 0 unspecified atom stereocenters. The molecule has 72 valence electrons. The number of rotatable bonds is 3. The van der Waals surface area contributed by atoms with E-state index in [2.05, 4.69) is 0 Å². The molecule has 0 bridgehead atoms. The molecule has 0 aliphatic rings. The van der Waals surface area contributed by atoms with E-state index >= 15 is 0 Å². The van der Waals surface area contributed by atoms with E-state index in [0.29, 0.717) is 11.0 Å². The Balaban J connectivity index is 2.83. The zero-order valence-electron chi connectivity index (χ0n) is 8.66. The van der Waals surface area contributed by atoms with Gasteiger partial charge in [0.05, 0.1) is 0 Å². The summed E-state index contributed by atoms with van der Waals surface area (Å²) in [6.07, 6.45) is 0. The van der Waals surface area contributed by atoms with Crippen molar-refractivity contribution in [3.05, 3.63) is 29.8 Å². The maximum Gasteiger partial charge on any atom is 0.253 e. The number of benzene rings is 1. The molecule has 1 amide bonds. The van der Waals surface area contributed by atoms with Crippen molar-refractivity contribution in [2.45, 2.75) is 13.8 Å². The Labute approximate surface area is 86.3 Å². The van der Waals surface area contributed by atoms with E-state index in [-0.39, 0.29) is 5.91 Å². The third-order valence-electron chi connectivity index (χ3n) is 2.21. The van der Waals surface area contributed by atoms with Gasteiger partial charge in [-0.3, -0.25) is 4.79 Å². The number of carbonyl (C=O) groups is 1. The lowest BCUT2D eigenvalue weighted by molar-refractivity contribution is 0.0773. The molecule has 0 aromatic heterocycles. The molecule has 0 N–H and O–H groups in total. The van der Waals surface area contributed by atoms with E-state index in [0.717, 1.165) is 13.1 Å². The fourth-order valence-electron chi connectivity index (χ4n) is 1.32. The van der Waals surface area contributed by atoms with Gasteiger partial charge in [-0.05, 0) is 13.8 Å². The van der Waals surface area contributed by atoms with E-state index in [1.54, 1.807) is 29.2 Å². The van der Waals surface area contributed by atoms with Crippen molar-refractivity contribution in [3.8, 4) is 0 Å². The summed E-state index contributed by atoms with van der Waals surface area (Å²) < 4.78 is 0. The lowest BCUT2D eigenvalue weighted by Gasteiger charge is -2.18. The van der Waals surface area contributed by atoms with Gasteiger partial charge in [0.15, 0.2) is 0 Å². The normalized spacial score (nSPS) is 9.86. The van der Waals surface area contributed by atoms with Crippen LogP contribution < -0.4 is 5.46 Å². The highest BCUT2D eigenvalue weighted by atomic mass is 16.2. The highest BCUT2D eigenvalue weighted by Gasteiger charge is 2.10. The molecule has 0 aliphatic heterocycles. The zero-order chi connectivity index (χ0) is 10.6. The predicted molar refractivity (Wildman–Crippen MR) is 59.1 cm³/mol. The largest absolute Gasteiger partial charge is 0.339 e. The van der Waals surface area contributed by atoms with Crippen molar-refractivity contribution < 1.29 is 4.79 Å². The Bertz CT molecular complexity index is 304. The molecule has 0 saturated heterocycles. The molecule has 1 rings (SSSR count). The van der Waals surface area contributed by atoms with E-state index in [1.165, 1.54) is 0 Å². The van der Waals surface area contributed by atoms with Crippen LogP contribution in [0.1, 0.15) is 24.2 Å². The van der Waals surface area contributed by atoms with Crippen molar-refractivity contribution in [2.24, 2.45) is 0 Å². The number of hydrogen-bond acceptors (Lipinski definition) is 1. The summed E-state index contributed by atoms with van der Waals surface area (Å²) in [4.78, 5) is 13.6. The Morgan fingerprint density at radius 2 is 1.71 bits per heavy atom. The van der Waals surface area contributed by atoms with Crippen LogP contribution in [0.5, 0.6) is 0 Å². The summed E-state index contributed by atoms with van der Waals surface area (Å²) in [5.41, 5.74) is 1.38. The third-order valence-corrected chi connectivity index (χ3v) is 2.21. The minimum Gasteiger partial charge on any atom is -0.339 e. The summed E-state index contributed by atoms with van der Waals surface area (Å²) in [7, 11) is 5.54. The third kappa shape index (κ3) is 2.38. The van der Waals surface area contributed by atoms with E-state index in [1.807, 2.05) is 13.8 Å². The lowest BCUT2D eigenvalue weighted by atomic mass is 9.95. The van der Waals surface area contributed by atoms with Crippen molar-refractivity contribution in [1.82, 2.24) is 4.90 Å². The van der Waals surface area contributed by atoms with Crippen LogP contribution in [-0.2, 0) is 0 Å². The van der Waals surface area contributed by atoms with Crippen LogP contribution in [0.2, 0.25) is 0 Å². The molecule has 14 heavy (non-hydrogen) atoms. The van der Waals surface area contributed by atoms with Crippen molar-refractivity contribution >= 4 is 19.2 Å². The SMILES string of the molecule is [B]c1ccc(C(=O)N(CC)CC)cc1. The van der Waals surface area contributed by atoms with Crippen molar-refractivity contribution in [1.29, 1.82) is 0 Å². The van der Waals surface area contributed by atoms with Crippen molar-refractivity contribution in [2.75, 3.05) is 13.1 Å². The standard InChI is InChI=1S/C11H14BNO/c1-3-13(4-2)11(14)9-5-7-10(12)8-6-9/h5-8H,3-4H2,1-2H3. The van der Waals surface area contributed by atoms with E-state index in [9.17, 15) is 4.79 Å². The molecule has 0 spiro atoms. The van der Waals surface area contributed by atoms with Gasteiger partial charge in [-0.1, -0.05) is 29.7 Å². The Morgan fingerprint density at radius 3 is 2.14 bits per heavy atom. The quantitative estimate of drug-likeness (QED) is 0.645. The van der Waals surface area contributed by atoms with Gasteiger partial charge in [-0.2, -0.15) is 0 Å². The average Bonchev–Trinajstić information content (AvgIpc) is 2.20. The van der Waals surface area contributed by atoms with Gasteiger partial charge < -0.3 is 4.90 Å². The van der Waals surface area contributed by atoms with Crippen LogP contribution in [-0.4, -0.2) is 31.7 Å². The Hall–Kier alpha value is -1.25. The highest BCUT2D eigenvalue weighted by Crippen LogP contribution is 2.02. The fraction of sp³-hybridized carbons (Fsp3) is 0.364. The molecule has 0 saturated carbocycles. The maximum atomic E-state index is 11.8. The Morgan fingerprint density at radius 1 is 1.21 bits per heavy atom. The average molecular weight is 187 g/mol. The second-order valence-electron chi connectivity index (χ2n) is 3.10. The molecule has 0 atom stereocenters. The molecule has 1 aromatic carbocycles. The lowest BCUT2D eigenvalue weighted by Crippen LogP contribution is -2.30. The molecule has 2 nitrogen and oxygen atoms in total. The van der Waals surface area contributed by atoms with Gasteiger partial charge in [0.1, 0.15) is 7.85 Å². The minimum atomic E-state index is 0.0648. The smallest absolute Gasteiger partial charge is 0.253 e. The molecular weight excluding hydrogens is 173 g/mol. The van der Waals surface area contributed by atoms with Crippen LogP contribution in [0.15, 0.2) is 24.3 Å². The summed E-state index contributed by atoms with van der Waals surface area (Å²) in [5, 5.41) is 0. The van der Waals surface area contributed by atoms with Crippen LogP contribution in [0, 0.1) is 0 Å². The van der Waals surface area contributed by atoms with Gasteiger partial charge >= 0.3 is 0 Å². The summed E-state index contributed by atoms with van der Waals surface area (Å²) in [5.74, 6) is 0.0648. The number of amides is 1. The van der Waals surface area contributed by atoms with E-state index in [4.69, 9.17) is 7.85 Å². The van der Waals surface area contributed by atoms with Gasteiger partial charge in [-0.25, -0.2) is 0 Å². The van der Waals surface area contributed by atoms with Crippen LogP contribution >= 0.6 is 0 Å². The zero-order valence-corrected chi connectivity index (χ0v) is 8.66. The number of hydrogen-bond donors (Lipinski definition) is 0. The van der Waals surface area contributed by atoms with Crippen molar-refractivity contribution in [3.63, 3.8) is 0 Å². The second kappa shape index (κ2) is 4.84. The molecular formula is C11H14BNO. The molecule has 2 radical (unpaired) electrons. The topological polar surface area (TPSA) is 20.3 Å². The van der Waals surface area contributed by atoms with Crippen LogP contribution in [0.25, 0.3) is 0 Å².